The first kappa shape index (κ1) is 21.3. The van der Waals surface area contributed by atoms with Crippen molar-refractivity contribution in [2.75, 3.05) is 26.2 Å². The van der Waals surface area contributed by atoms with Gasteiger partial charge in [0.2, 0.25) is 5.91 Å². The van der Waals surface area contributed by atoms with Crippen molar-refractivity contribution >= 4 is 22.6 Å². The summed E-state index contributed by atoms with van der Waals surface area (Å²) in [4.78, 5) is 30.4. The molecule has 3 fully saturated rings. The number of amides is 2. The second kappa shape index (κ2) is 9.10. The van der Waals surface area contributed by atoms with Crippen LogP contribution in [0.15, 0.2) is 36.4 Å². The Hall–Kier alpha value is -2.60. The number of benzene rings is 2. The largest absolute Gasteiger partial charge is 0.506 e. The molecule has 2 aromatic rings. The van der Waals surface area contributed by atoms with Gasteiger partial charge in [-0.1, -0.05) is 49.6 Å². The summed E-state index contributed by atoms with van der Waals surface area (Å²) < 4.78 is 0. The molecule has 0 unspecified atom stereocenters. The van der Waals surface area contributed by atoms with Crippen molar-refractivity contribution in [3.63, 3.8) is 0 Å². The highest BCUT2D eigenvalue weighted by atomic mass is 16.3. The third-order valence-electron chi connectivity index (χ3n) is 7.55. The minimum Gasteiger partial charge on any atom is -0.506 e. The molecule has 2 atom stereocenters. The number of hydrogen-bond donors (Lipinski definition) is 2. The van der Waals surface area contributed by atoms with Crippen LogP contribution in [-0.4, -0.2) is 65.0 Å². The second-order valence-electron chi connectivity index (χ2n) is 9.74. The van der Waals surface area contributed by atoms with E-state index in [9.17, 15) is 14.7 Å². The molecule has 2 heterocycles. The first-order valence-corrected chi connectivity index (χ1v) is 12.1. The zero-order valence-corrected chi connectivity index (χ0v) is 18.6. The van der Waals surface area contributed by atoms with E-state index >= 15 is 0 Å². The van der Waals surface area contributed by atoms with Crippen molar-refractivity contribution < 1.29 is 14.7 Å². The lowest BCUT2D eigenvalue weighted by Gasteiger charge is -2.37. The maximum atomic E-state index is 13.1. The Morgan fingerprint density at radius 3 is 2.53 bits per heavy atom. The first-order valence-electron chi connectivity index (χ1n) is 12.1. The van der Waals surface area contributed by atoms with E-state index in [2.05, 4.69) is 10.2 Å². The summed E-state index contributed by atoms with van der Waals surface area (Å²) in [6, 6.07) is 10.8. The summed E-state index contributed by atoms with van der Waals surface area (Å²) >= 11 is 0. The molecule has 170 valence electrons. The standard InChI is InChI=1S/C26H33N3O3/c30-24-21-10-5-4-9-19(21)11-12-22(24)25(31)27-20-15-23(26(32)28-13-6-14-28)29(17-20)16-18-7-2-1-3-8-18/h4-5,9-12,18,20,23,30H,1-3,6-8,13-17H2,(H,27,31)/t20-,23-/m0/s1. The lowest BCUT2D eigenvalue weighted by atomic mass is 9.89. The van der Waals surface area contributed by atoms with E-state index in [-0.39, 0.29) is 29.6 Å². The van der Waals surface area contributed by atoms with Gasteiger partial charge in [-0.2, -0.15) is 0 Å². The van der Waals surface area contributed by atoms with Crippen LogP contribution in [-0.2, 0) is 4.79 Å². The van der Waals surface area contributed by atoms with Gasteiger partial charge < -0.3 is 15.3 Å². The van der Waals surface area contributed by atoms with Crippen LogP contribution in [0.25, 0.3) is 10.8 Å². The van der Waals surface area contributed by atoms with Crippen LogP contribution in [0.3, 0.4) is 0 Å². The van der Waals surface area contributed by atoms with Crippen molar-refractivity contribution in [3.05, 3.63) is 42.0 Å². The summed E-state index contributed by atoms with van der Waals surface area (Å²) in [6.45, 7) is 3.35. The van der Waals surface area contributed by atoms with Crippen molar-refractivity contribution in [2.24, 2.45) is 5.92 Å². The van der Waals surface area contributed by atoms with Crippen molar-refractivity contribution in [1.82, 2.24) is 15.1 Å². The molecule has 0 aromatic heterocycles. The van der Waals surface area contributed by atoms with Crippen molar-refractivity contribution in [2.45, 2.75) is 57.0 Å². The van der Waals surface area contributed by atoms with Crippen LogP contribution in [0.5, 0.6) is 5.75 Å². The summed E-state index contributed by atoms with van der Waals surface area (Å²) in [7, 11) is 0. The summed E-state index contributed by atoms with van der Waals surface area (Å²) in [5, 5.41) is 15.4. The van der Waals surface area contributed by atoms with Gasteiger partial charge in [0, 0.05) is 37.6 Å². The monoisotopic (exact) mass is 435 g/mol. The fraction of sp³-hybridized carbons (Fsp3) is 0.538. The third-order valence-corrected chi connectivity index (χ3v) is 7.55. The highest BCUT2D eigenvalue weighted by Gasteiger charge is 2.41. The number of carbonyl (C=O) groups excluding carboxylic acids is 2. The number of nitrogens with zero attached hydrogens (tertiary/aromatic N) is 2. The molecule has 2 N–H and O–H groups in total. The quantitative estimate of drug-likeness (QED) is 0.754. The number of likely N-dealkylation sites (tertiary alicyclic amines) is 2. The van der Waals surface area contributed by atoms with E-state index in [0.717, 1.165) is 31.4 Å². The van der Waals surface area contributed by atoms with E-state index < -0.39 is 0 Å². The van der Waals surface area contributed by atoms with E-state index in [1.165, 1.54) is 32.1 Å². The normalized spacial score (nSPS) is 24.4. The van der Waals surface area contributed by atoms with E-state index in [1.54, 1.807) is 6.07 Å². The Bertz CT molecular complexity index is 997. The minimum absolute atomic E-state index is 0.0193. The average Bonchev–Trinajstić information content (AvgIpc) is 3.15. The number of fused-ring (bicyclic) bond motifs is 1. The number of carbonyl (C=O) groups is 2. The number of hydrogen-bond acceptors (Lipinski definition) is 4. The lowest BCUT2D eigenvalue weighted by Crippen LogP contribution is -2.51. The fourth-order valence-corrected chi connectivity index (χ4v) is 5.62. The zero-order chi connectivity index (χ0) is 22.1. The molecule has 2 aliphatic heterocycles. The summed E-state index contributed by atoms with van der Waals surface area (Å²) in [6.07, 6.45) is 8.09. The van der Waals surface area contributed by atoms with Gasteiger partial charge in [-0.3, -0.25) is 14.5 Å². The van der Waals surface area contributed by atoms with Crippen LogP contribution in [0, 0.1) is 5.92 Å². The molecule has 2 aromatic carbocycles. The van der Waals surface area contributed by atoms with Gasteiger partial charge in [0.25, 0.3) is 5.91 Å². The highest BCUT2D eigenvalue weighted by Crippen LogP contribution is 2.31. The average molecular weight is 436 g/mol. The predicted molar refractivity (Wildman–Crippen MR) is 125 cm³/mol. The molecule has 0 spiro atoms. The van der Waals surface area contributed by atoms with Crippen molar-refractivity contribution in [3.8, 4) is 5.75 Å². The molecule has 6 heteroatoms. The van der Waals surface area contributed by atoms with Gasteiger partial charge in [0.05, 0.1) is 11.6 Å². The molecule has 2 amide bonds. The molecular formula is C26H33N3O3. The molecular weight excluding hydrogens is 402 g/mol. The van der Waals surface area contributed by atoms with Crippen LogP contribution >= 0.6 is 0 Å². The lowest BCUT2D eigenvalue weighted by molar-refractivity contribution is -0.139. The van der Waals surface area contributed by atoms with E-state index in [4.69, 9.17) is 0 Å². The Morgan fingerprint density at radius 1 is 1.00 bits per heavy atom. The molecule has 6 nitrogen and oxygen atoms in total. The Balaban J connectivity index is 1.30. The highest BCUT2D eigenvalue weighted by molar-refractivity contribution is 6.03. The number of nitrogens with one attached hydrogen (secondary N) is 1. The number of phenols is 1. The van der Waals surface area contributed by atoms with Gasteiger partial charge in [0.1, 0.15) is 5.75 Å². The molecule has 1 aliphatic carbocycles. The molecule has 3 aliphatic rings. The number of phenolic OH excluding ortho intramolecular Hbond substituents is 1. The number of rotatable bonds is 5. The third kappa shape index (κ3) is 4.20. The second-order valence-corrected chi connectivity index (χ2v) is 9.74. The summed E-state index contributed by atoms with van der Waals surface area (Å²) in [5.41, 5.74) is 0.292. The zero-order valence-electron chi connectivity index (χ0n) is 18.6. The fourth-order valence-electron chi connectivity index (χ4n) is 5.62. The van der Waals surface area contributed by atoms with Crippen molar-refractivity contribution in [1.29, 1.82) is 0 Å². The minimum atomic E-state index is -0.270. The van der Waals surface area contributed by atoms with Crippen LogP contribution in [0.2, 0.25) is 0 Å². The predicted octanol–water partition coefficient (Wildman–Crippen LogP) is 3.53. The van der Waals surface area contributed by atoms with Gasteiger partial charge in [0.15, 0.2) is 0 Å². The topological polar surface area (TPSA) is 72.9 Å². The SMILES string of the molecule is O=C(N[C@H]1C[C@@H](C(=O)N2CCC2)N(CC2CCCCC2)C1)c1ccc2ccccc2c1O. The molecule has 5 rings (SSSR count). The maximum absolute atomic E-state index is 13.1. The Labute approximate surface area is 189 Å². The number of aromatic hydroxyl groups is 1. The molecule has 0 radical (unpaired) electrons. The molecule has 1 saturated carbocycles. The molecule has 2 saturated heterocycles. The van der Waals surface area contributed by atoms with E-state index in [1.807, 2.05) is 35.2 Å². The van der Waals surface area contributed by atoms with Gasteiger partial charge in [-0.05, 0) is 43.1 Å². The van der Waals surface area contributed by atoms with Gasteiger partial charge in [-0.15, -0.1) is 0 Å². The van der Waals surface area contributed by atoms with E-state index in [0.29, 0.717) is 29.8 Å². The smallest absolute Gasteiger partial charge is 0.255 e. The van der Waals surface area contributed by atoms with Gasteiger partial charge in [-0.25, -0.2) is 0 Å². The summed E-state index contributed by atoms with van der Waals surface area (Å²) in [5.74, 6) is 0.616. The molecule has 32 heavy (non-hydrogen) atoms. The first-order chi connectivity index (χ1) is 15.6. The van der Waals surface area contributed by atoms with Crippen LogP contribution in [0.1, 0.15) is 55.3 Å². The van der Waals surface area contributed by atoms with Crippen LogP contribution < -0.4 is 5.32 Å². The van der Waals surface area contributed by atoms with Gasteiger partial charge >= 0.3 is 0 Å². The van der Waals surface area contributed by atoms with Crippen LogP contribution in [0.4, 0.5) is 0 Å². The molecule has 0 bridgehead atoms. The Kier molecular flexibility index (Phi) is 6.05. The maximum Gasteiger partial charge on any atom is 0.255 e. The Morgan fingerprint density at radius 2 is 1.78 bits per heavy atom.